The van der Waals surface area contributed by atoms with Gasteiger partial charge in [0.15, 0.2) is 0 Å². The summed E-state index contributed by atoms with van der Waals surface area (Å²) in [5.74, 6) is 0.119. The maximum atomic E-state index is 12.7. The first kappa shape index (κ1) is 17.0. The molecule has 6 heteroatoms. The zero-order valence-corrected chi connectivity index (χ0v) is 14.0. The summed E-state index contributed by atoms with van der Waals surface area (Å²) in [4.78, 5) is 26.7. The maximum absolute atomic E-state index is 12.7. The number of methoxy groups -OCH3 is 1. The second-order valence-corrected chi connectivity index (χ2v) is 5.90. The molecule has 25 heavy (non-hydrogen) atoms. The highest BCUT2D eigenvalue weighted by Crippen LogP contribution is 2.31. The first-order valence-corrected chi connectivity index (χ1v) is 8.17. The molecule has 3 N–H and O–H groups in total. The van der Waals surface area contributed by atoms with Crippen molar-refractivity contribution in [2.24, 2.45) is 5.73 Å². The van der Waals surface area contributed by atoms with Crippen molar-refractivity contribution in [3.8, 4) is 5.75 Å². The summed E-state index contributed by atoms with van der Waals surface area (Å²) in [6.07, 6.45) is 0.532. The number of ether oxygens (including phenoxy) is 1. The minimum Gasteiger partial charge on any atom is -0.495 e. The topological polar surface area (TPSA) is 84.7 Å². The van der Waals surface area contributed by atoms with E-state index in [-0.39, 0.29) is 11.8 Å². The number of nitrogens with zero attached hydrogens (tertiary/aromatic N) is 1. The van der Waals surface area contributed by atoms with Gasteiger partial charge in [-0.15, -0.1) is 0 Å². The van der Waals surface area contributed by atoms with E-state index >= 15 is 0 Å². The molecule has 1 aliphatic heterocycles. The van der Waals surface area contributed by atoms with Crippen LogP contribution in [0.2, 0.25) is 0 Å². The van der Waals surface area contributed by atoms with Gasteiger partial charge in [-0.1, -0.05) is 42.5 Å². The molecule has 0 bridgehead atoms. The van der Waals surface area contributed by atoms with Gasteiger partial charge in [-0.3, -0.25) is 9.59 Å². The number of hydrogen-bond acceptors (Lipinski definition) is 4. The van der Waals surface area contributed by atoms with Crippen molar-refractivity contribution in [3.63, 3.8) is 0 Å². The second kappa shape index (κ2) is 7.36. The number of nitrogens with one attached hydrogen (secondary N) is 1. The number of nitrogens with two attached hydrogens (primary N) is 1. The lowest BCUT2D eigenvalue weighted by atomic mass is 10.1. The van der Waals surface area contributed by atoms with E-state index in [1.165, 1.54) is 0 Å². The van der Waals surface area contributed by atoms with Gasteiger partial charge in [0.1, 0.15) is 17.8 Å². The van der Waals surface area contributed by atoms with Crippen LogP contribution in [0.3, 0.4) is 0 Å². The molecule has 2 aromatic rings. The number of amides is 2. The van der Waals surface area contributed by atoms with Gasteiger partial charge in [-0.25, -0.2) is 0 Å². The van der Waals surface area contributed by atoms with Crippen LogP contribution in [0.5, 0.6) is 5.75 Å². The Morgan fingerprint density at radius 3 is 2.60 bits per heavy atom. The number of hydrogen-bond donors (Lipinski definition) is 2. The van der Waals surface area contributed by atoms with Crippen molar-refractivity contribution in [2.75, 3.05) is 18.6 Å². The fourth-order valence-corrected chi connectivity index (χ4v) is 2.98. The SMILES string of the molecule is COc1ccccc1N1CCC(NC(=O)C(N)c2ccccc2)C1=O. The van der Waals surface area contributed by atoms with Gasteiger partial charge in [0.05, 0.1) is 12.8 Å². The standard InChI is InChI=1S/C19H21N3O3/c1-25-16-10-6-5-9-15(16)22-12-11-14(19(22)24)21-18(23)17(20)13-7-3-2-4-8-13/h2-10,14,17H,11-12,20H2,1H3,(H,21,23). The number of anilines is 1. The van der Waals surface area contributed by atoms with Gasteiger partial charge in [0.2, 0.25) is 11.8 Å². The quantitative estimate of drug-likeness (QED) is 0.867. The highest BCUT2D eigenvalue weighted by Gasteiger charge is 2.35. The van der Waals surface area contributed by atoms with E-state index in [0.717, 1.165) is 0 Å². The van der Waals surface area contributed by atoms with Gasteiger partial charge in [0.25, 0.3) is 0 Å². The van der Waals surface area contributed by atoms with E-state index in [1.54, 1.807) is 30.2 Å². The predicted molar refractivity (Wildman–Crippen MR) is 95.3 cm³/mol. The largest absolute Gasteiger partial charge is 0.495 e. The van der Waals surface area contributed by atoms with Crippen LogP contribution in [-0.2, 0) is 9.59 Å². The lowest BCUT2D eigenvalue weighted by Gasteiger charge is -2.20. The Morgan fingerprint density at radius 2 is 1.88 bits per heavy atom. The predicted octanol–water partition coefficient (Wildman–Crippen LogP) is 1.62. The molecule has 0 saturated carbocycles. The van der Waals surface area contributed by atoms with E-state index in [9.17, 15) is 9.59 Å². The molecular weight excluding hydrogens is 318 g/mol. The van der Waals surface area contributed by atoms with Gasteiger partial charge < -0.3 is 20.7 Å². The van der Waals surface area contributed by atoms with E-state index in [4.69, 9.17) is 10.5 Å². The molecule has 1 heterocycles. The van der Waals surface area contributed by atoms with Gasteiger partial charge in [-0.05, 0) is 24.1 Å². The number of rotatable bonds is 5. The van der Waals surface area contributed by atoms with Crippen molar-refractivity contribution in [2.45, 2.75) is 18.5 Å². The van der Waals surface area contributed by atoms with Crippen LogP contribution in [0.15, 0.2) is 54.6 Å². The first-order chi connectivity index (χ1) is 12.1. The van der Waals surface area contributed by atoms with Crippen molar-refractivity contribution in [3.05, 3.63) is 60.2 Å². The normalized spacial score (nSPS) is 18.1. The molecule has 2 amide bonds. The summed E-state index contributed by atoms with van der Waals surface area (Å²) in [7, 11) is 1.57. The molecule has 0 radical (unpaired) electrons. The van der Waals surface area contributed by atoms with E-state index < -0.39 is 12.1 Å². The summed E-state index contributed by atoms with van der Waals surface area (Å²) in [5.41, 5.74) is 7.42. The molecule has 2 aromatic carbocycles. The Morgan fingerprint density at radius 1 is 1.20 bits per heavy atom. The maximum Gasteiger partial charge on any atom is 0.249 e. The number of para-hydroxylation sites is 2. The summed E-state index contributed by atoms with van der Waals surface area (Å²) >= 11 is 0. The van der Waals surface area contributed by atoms with Crippen LogP contribution in [0, 0.1) is 0 Å². The molecule has 1 saturated heterocycles. The average Bonchev–Trinajstić information content (AvgIpc) is 3.02. The van der Waals surface area contributed by atoms with Crippen molar-refractivity contribution < 1.29 is 14.3 Å². The Kier molecular flexibility index (Phi) is 5.00. The van der Waals surface area contributed by atoms with Crippen LogP contribution >= 0.6 is 0 Å². The number of benzene rings is 2. The Balaban J connectivity index is 1.69. The molecule has 2 atom stereocenters. The zero-order chi connectivity index (χ0) is 17.8. The van der Waals surface area contributed by atoms with Crippen LogP contribution in [0.4, 0.5) is 5.69 Å². The third kappa shape index (κ3) is 3.49. The lowest BCUT2D eigenvalue weighted by molar-refractivity contribution is -0.127. The number of carbonyl (C=O) groups excluding carboxylic acids is 2. The third-order valence-electron chi connectivity index (χ3n) is 4.34. The van der Waals surface area contributed by atoms with Crippen LogP contribution < -0.4 is 20.7 Å². The van der Waals surface area contributed by atoms with Crippen molar-refractivity contribution >= 4 is 17.5 Å². The van der Waals surface area contributed by atoms with Gasteiger partial charge in [-0.2, -0.15) is 0 Å². The van der Waals surface area contributed by atoms with Crippen LogP contribution in [-0.4, -0.2) is 31.5 Å². The lowest BCUT2D eigenvalue weighted by Crippen LogP contribution is -2.45. The van der Waals surface area contributed by atoms with Crippen LogP contribution in [0.25, 0.3) is 0 Å². The summed E-state index contributed by atoms with van der Waals surface area (Å²) in [6, 6.07) is 15.1. The summed E-state index contributed by atoms with van der Waals surface area (Å²) < 4.78 is 5.32. The molecule has 1 fully saturated rings. The highest BCUT2D eigenvalue weighted by molar-refractivity contribution is 6.02. The van der Waals surface area contributed by atoms with Crippen molar-refractivity contribution in [1.29, 1.82) is 0 Å². The Labute approximate surface area is 146 Å². The molecule has 2 unspecified atom stereocenters. The Bertz CT molecular complexity index is 764. The zero-order valence-electron chi connectivity index (χ0n) is 14.0. The minimum atomic E-state index is -0.797. The molecule has 6 nitrogen and oxygen atoms in total. The second-order valence-electron chi connectivity index (χ2n) is 5.90. The van der Waals surface area contributed by atoms with Gasteiger partial charge in [0, 0.05) is 6.54 Å². The fraction of sp³-hybridized carbons (Fsp3) is 0.263. The van der Waals surface area contributed by atoms with E-state index in [0.29, 0.717) is 30.0 Å². The highest BCUT2D eigenvalue weighted by atomic mass is 16.5. The molecule has 130 valence electrons. The molecule has 3 rings (SSSR count). The number of carbonyl (C=O) groups is 2. The molecular formula is C19H21N3O3. The minimum absolute atomic E-state index is 0.155. The Hall–Kier alpha value is -2.86. The molecule has 1 aliphatic rings. The fourth-order valence-electron chi connectivity index (χ4n) is 2.98. The van der Waals surface area contributed by atoms with Crippen molar-refractivity contribution in [1.82, 2.24) is 5.32 Å². The third-order valence-corrected chi connectivity index (χ3v) is 4.34. The van der Waals surface area contributed by atoms with Gasteiger partial charge >= 0.3 is 0 Å². The molecule has 0 spiro atoms. The van der Waals surface area contributed by atoms with E-state index in [2.05, 4.69) is 5.32 Å². The average molecular weight is 339 g/mol. The van der Waals surface area contributed by atoms with Crippen LogP contribution in [0.1, 0.15) is 18.0 Å². The van der Waals surface area contributed by atoms with E-state index in [1.807, 2.05) is 36.4 Å². The smallest absolute Gasteiger partial charge is 0.249 e. The molecule has 0 aliphatic carbocycles. The monoisotopic (exact) mass is 339 g/mol. The summed E-state index contributed by atoms with van der Waals surface area (Å²) in [5, 5.41) is 2.77. The first-order valence-electron chi connectivity index (χ1n) is 8.17. The summed E-state index contributed by atoms with van der Waals surface area (Å²) in [6.45, 7) is 0.519. The molecule has 0 aromatic heterocycles.